The first-order chi connectivity index (χ1) is 7.15. The van der Waals surface area contributed by atoms with Crippen molar-refractivity contribution in [3.8, 4) is 0 Å². The number of rotatable bonds is 1. The zero-order valence-electron chi connectivity index (χ0n) is 7.90. The summed E-state index contributed by atoms with van der Waals surface area (Å²) in [6, 6.07) is 5.94. The predicted molar refractivity (Wildman–Crippen MR) is 49.5 cm³/mol. The van der Waals surface area contributed by atoms with Crippen LogP contribution in [0.2, 0.25) is 0 Å². The molecule has 2 rings (SSSR count). The molecule has 3 nitrogen and oxygen atoms in total. The number of ether oxygens (including phenoxy) is 1. The minimum atomic E-state index is -0.541. The Kier molecular flexibility index (Phi) is 2.49. The van der Waals surface area contributed by atoms with E-state index < -0.39 is 11.9 Å². The van der Waals surface area contributed by atoms with Crippen LogP contribution in [-0.4, -0.2) is 11.9 Å². The second kappa shape index (κ2) is 3.81. The third kappa shape index (κ3) is 2.21. The van der Waals surface area contributed by atoms with Crippen molar-refractivity contribution in [3.05, 3.63) is 35.6 Å². The van der Waals surface area contributed by atoms with Crippen LogP contribution in [0.25, 0.3) is 0 Å². The molecule has 15 heavy (non-hydrogen) atoms. The maximum atomic E-state index is 12.9. The predicted octanol–water partition coefficient (Wildman–Crippen LogP) is 1.77. The van der Waals surface area contributed by atoms with E-state index in [2.05, 4.69) is 4.74 Å². The average molecular weight is 208 g/mol. The summed E-state index contributed by atoms with van der Waals surface area (Å²) in [6.07, 6.45) is 0.268. The van der Waals surface area contributed by atoms with Crippen molar-refractivity contribution in [2.45, 2.75) is 18.8 Å². The minimum Gasteiger partial charge on any atom is -0.393 e. The number of halogens is 1. The van der Waals surface area contributed by atoms with Gasteiger partial charge in [0.25, 0.3) is 0 Å². The maximum Gasteiger partial charge on any atom is 0.314 e. The van der Waals surface area contributed by atoms with Crippen molar-refractivity contribution >= 4 is 11.9 Å². The van der Waals surface area contributed by atoms with Crippen molar-refractivity contribution in [3.63, 3.8) is 0 Å². The molecule has 0 unspecified atom stereocenters. The molecule has 0 aromatic heterocycles. The minimum absolute atomic E-state index is 0.134. The molecular weight excluding hydrogens is 199 g/mol. The molecule has 0 radical (unpaired) electrons. The van der Waals surface area contributed by atoms with Crippen LogP contribution in [0.5, 0.6) is 0 Å². The molecule has 1 aromatic carbocycles. The molecule has 0 aliphatic carbocycles. The van der Waals surface area contributed by atoms with Crippen LogP contribution in [0.4, 0.5) is 4.39 Å². The van der Waals surface area contributed by atoms with E-state index in [9.17, 15) is 14.0 Å². The average Bonchev–Trinajstić information content (AvgIpc) is 2.16. The molecule has 0 N–H and O–H groups in total. The van der Waals surface area contributed by atoms with E-state index in [1.54, 1.807) is 12.1 Å². The smallest absolute Gasteiger partial charge is 0.314 e. The number of esters is 2. The summed E-state index contributed by atoms with van der Waals surface area (Å²) >= 11 is 0. The fourth-order valence-corrected chi connectivity index (χ4v) is 1.68. The van der Waals surface area contributed by atoms with Crippen molar-refractivity contribution in [2.75, 3.05) is 0 Å². The highest BCUT2D eigenvalue weighted by atomic mass is 19.1. The standard InChI is InChI=1S/C11H9FO3/c12-9-3-1-2-7(4-9)8-5-10(13)15-11(14)6-8/h1-4,8H,5-6H2. The van der Waals surface area contributed by atoms with E-state index in [4.69, 9.17) is 0 Å². The van der Waals surface area contributed by atoms with Gasteiger partial charge in [-0.15, -0.1) is 0 Å². The lowest BCUT2D eigenvalue weighted by molar-refractivity contribution is -0.163. The van der Waals surface area contributed by atoms with Gasteiger partial charge in [-0.1, -0.05) is 12.1 Å². The molecular formula is C11H9FO3. The Balaban J connectivity index is 2.23. The van der Waals surface area contributed by atoms with Gasteiger partial charge in [0.1, 0.15) is 5.82 Å². The van der Waals surface area contributed by atoms with Crippen molar-refractivity contribution in [1.29, 1.82) is 0 Å². The molecule has 0 bridgehead atoms. The molecule has 1 aliphatic rings. The van der Waals surface area contributed by atoms with E-state index in [1.165, 1.54) is 12.1 Å². The van der Waals surface area contributed by atoms with Gasteiger partial charge in [0, 0.05) is 5.92 Å². The first-order valence-corrected chi connectivity index (χ1v) is 4.64. The zero-order valence-corrected chi connectivity index (χ0v) is 7.90. The summed E-state index contributed by atoms with van der Waals surface area (Å²) in [5.74, 6) is -1.70. The Morgan fingerprint density at radius 1 is 1.20 bits per heavy atom. The van der Waals surface area contributed by atoms with E-state index >= 15 is 0 Å². The molecule has 0 atom stereocenters. The third-order valence-corrected chi connectivity index (χ3v) is 2.37. The Hall–Kier alpha value is -1.71. The van der Waals surface area contributed by atoms with Gasteiger partial charge < -0.3 is 4.74 Å². The molecule has 1 aliphatic heterocycles. The molecule has 1 saturated heterocycles. The van der Waals surface area contributed by atoms with Gasteiger partial charge in [-0.2, -0.15) is 0 Å². The number of benzene rings is 1. The quantitative estimate of drug-likeness (QED) is 0.521. The van der Waals surface area contributed by atoms with E-state index in [0.29, 0.717) is 5.56 Å². The van der Waals surface area contributed by atoms with E-state index in [0.717, 1.165) is 0 Å². The Morgan fingerprint density at radius 2 is 1.87 bits per heavy atom. The SMILES string of the molecule is O=C1CC(c2cccc(F)c2)CC(=O)O1. The Bertz CT molecular complexity index is 398. The van der Waals surface area contributed by atoms with Crippen LogP contribution < -0.4 is 0 Å². The highest BCUT2D eigenvalue weighted by molar-refractivity contribution is 5.89. The number of carbonyl (C=O) groups excluding carboxylic acids is 2. The molecule has 0 saturated carbocycles. The van der Waals surface area contributed by atoms with Crippen LogP contribution in [-0.2, 0) is 14.3 Å². The zero-order chi connectivity index (χ0) is 10.8. The monoisotopic (exact) mass is 208 g/mol. The van der Waals surface area contributed by atoms with Crippen molar-refractivity contribution < 1.29 is 18.7 Å². The van der Waals surface area contributed by atoms with Crippen LogP contribution in [0.3, 0.4) is 0 Å². The van der Waals surface area contributed by atoms with Crippen LogP contribution in [0.1, 0.15) is 24.3 Å². The topological polar surface area (TPSA) is 43.4 Å². The van der Waals surface area contributed by atoms with Gasteiger partial charge in [-0.3, -0.25) is 9.59 Å². The van der Waals surface area contributed by atoms with Crippen LogP contribution in [0, 0.1) is 5.82 Å². The number of hydrogen-bond donors (Lipinski definition) is 0. The lowest BCUT2D eigenvalue weighted by atomic mass is 9.91. The molecule has 1 heterocycles. The summed E-state index contributed by atoms with van der Waals surface area (Å²) in [5.41, 5.74) is 0.667. The van der Waals surface area contributed by atoms with Gasteiger partial charge in [-0.25, -0.2) is 4.39 Å². The maximum absolute atomic E-state index is 12.9. The molecule has 4 heteroatoms. The lowest BCUT2D eigenvalue weighted by Gasteiger charge is -2.19. The number of carbonyl (C=O) groups is 2. The summed E-state index contributed by atoms with van der Waals surface area (Å²) < 4.78 is 17.3. The lowest BCUT2D eigenvalue weighted by Crippen LogP contribution is -2.24. The second-order valence-electron chi connectivity index (χ2n) is 3.51. The van der Waals surface area contributed by atoms with E-state index in [-0.39, 0.29) is 24.6 Å². The third-order valence-electron chi connectivity index (χ3n) is 2.37. The summed E-state index contributed by atoms with van der Waals surface area (Å²) in [7, 11) is 0. The van der Waals surface area contributed by atoms with Crippen LogP contribution in [0.15, 0.2) is 24.3 Å². The second-order valence-corrected chi connectivity index (χ2v) is 3.51. The van der Waals surface area contributed by atoms with Crippen molar-refractivity contribution in [2.24, 2.45) is 0 Å². The summed E-state index contributed by atoms with van der Waals surface area (Å²) in [5, 5.41) is 0. The Labute approximate surface area is 85.9 Å². The van der Waals surface area contributed by atoms with Gasteiger partial charge in [-0.05, 0) is 17.7 Å². The fourth-order valence-electron chi connectivity index (χ4n) is 1.68. The highest BCUT2D eigenvalue weighted by Gasteiger charge is 2.28. The van der Waals surface area contributed by atoms with Crippen molar-refractivity contribution in [1.82, 2.24) is 0 Å². The Morgan fingerprint density at radius 3 is 2.47 bits per heavy atom. The molecule has 78 valence electrons. The highest BCUT2D eigenvalue weighted by Crippen LogP contribution is 2.28. The molecule has 0 spiro atoms. The molecule has 1 aromatic rings. The van der Waals surface area contributed by atoms with Gasteiger partial charge in [0.15, 0.2) is 0 Å². The first-order valence-electron chi connectivity index (χ1n) is 4.64. The van der Waals surface area contributed by atoms with Gasteiger partial charge >= 0.3 is 11.9 Å². The summed E-state index contributed by atoms with van der Waals surface area (Å²) in [4.78, 5) is 22.0. The van der Waals surface area contributed by atoms with Gasteiger partial charge in [0.05, 0.1) is 12.8 Å². The van der Waals surface area contributed by atoms with E-state index in [1.807, 2.05) is 0 Å². The normalized spacial score (nSPS) is 17.7. The number of hydrogen-bond acceptors (Lipinski definition) is 3. The van der Waals surface area contributed by atoms with Gasteiger partial charge in [0.2, 0.25) is 0 Å². The summed E-state index contributed by atoms with van der Waals surface area (Å²) in [6.45, 7) is 0. The number of cyclic esters (lactones) is 2. The molecule has 1 fully saturated rings. The fraction of sp³-hybridized carbons (Fsp3) is 0.273. The van der Waals surface area contributed by atoms with Crippen LogP contribution >= 0.6 is 0 Å². The first kappa shape index (κ1) is 9.83. The largest absolute Gasteiger partial charge is 0.393 e. The molecule has 0 amide bonds.